The third kappa shape index (κ3) is 2.25. The number of nitrogens with zero attached hydrogens (tertiary/aromatic N) is 4. The van der Waals surface area contributed by atoms with Crippen molar-refractivity contribution in [1.29, 1.82) is 0 Å². The van der Waals surface area contributed by atoms with Gasteiger partial charge in [-0.05, 0) is 16.8 Å². The van der Waals surface area contributed by atoms with E-state index in [1.807, 2.05) is 0 Å². The van der Waals surface area contributed by atoms with E-state index in [9.17, 15) is 10.1 Å². The van der Waals surface area contributed by atoms with Crippen molar-refractivity contribution in [3.63, 3.8) is 0 Å². The molecule has 0 aliphatic rings. The van der Waals surface area contributed by atoms with Gasteiger partial charge in [0.25, 0.3) is 0 Å². The molecule has 2 heterocycles. The second kappa shape index (κ2) is 4.24. The number of aromatic nitrogens is 3. The number of rotatable bonds is 4. The zero-order valence-corrected chi connectivity index (χ0v) is 9.38. The minimum atomic E-state index is -0.534. The predicted molar refractivity (Wildman–Crippen MR) is 58.4 cm³/mol. The van der Waals surface area contributed by atoms with Gasteiger partial charge in [0.15, 0.2) is 5.76 Å². The molecule has 0 fully saturated rings. The van der Waals surface area contributed by atoms with Crippen molar-refractivity contribution in [2.75, 3.05) is 5.32 Å². The second-order valence-corrected chi connectivity index (χ2v) is 3.57. The third-order valence-corrected chi connectivity index (χ3v) is 2.20. The molecule has 0 unspecified atom stereocenters. The van der Waals surface area contributed by atoms with Gasteiger partial charge in [-0.1, -0.05) is 5.16 Å². The SMILES string of the molecule is Cc1cc(CNc2c([N+](=O)[O-])ncn2C)on1. The molecule has 0 radical (unpaired) electrons. The molecule has 0 aliphatic carbocycles. The average molecular weight is 237 g/mol. The van der Waals surface area contributed by atoms with Crippen molar-refractivity contribution in [3.05, 3.63) is 34.0 Å². The fourth-order valence-corrected chi connectivity index (χ4v) is 1.43. The van der Waals surface area contributed by atoms with Crippen molar-refractivity contribution in [1.82, 2.24) is 14.7 Å². The van der Waals surface area contributed by atoms with Crippen LogP contribution in [-0.4, -0.2) is 19.6 Å². The molecular formula is C9H11N5O3. The first kappa shape index (κ1) is 11.1. The van der Waals surface area contributed by atoms with E-state index in [4.69, 9.17) is 4.52 Å². The molecule has 0 saturated carbocycles. The topological polar surface area (TPSA) is 99.0 Å². The summed E-state index contributed by atoms with van der Waals surface area (Å²) in [5.74, 6) is 0.741. The molecule has 8 nitrogen and oxygen atoms in total. The molecule has 2 rings (SSSR count). The lowest BCUT2D eigenvalue weighted by molar-refractivity contribution is -0.388. The minimum Gasteiger partial charge on any atom is -0.359 e. The van der Waals surface area contributed by atoms with Gasteiger partial charge in [0.2, 0.25) is 12.1 Å². The molecule has 0 aromatic carbocycles. The van der Waals surface area contributed by atoms with E-state index in [-0.39, 0.29) is 5.82 Å². The number of hydrogen-bond donors (Lipinski definition) is 1. The molecule has 0 aliphatic heterocycles. The van der Waals surface area contributed by atoms with Crippen LogP contribution in [-0.2, 0) is 13.6 Å². The molecule has 0 bridgehead atoms. The van der Waals surface area contributed by atoms with Crippen molar-refractivity contribution in [2.45, 2.75) is 13.5 Å². The van der Waals surface area contributed by atoms with Gasteiger partial charge in [-0.15, -0.1) is 0 Å². The summed E-state index contributed by atoms with van der Waals surface area (Å²) in [5, 5.41) is 17.3. The highest BCUT2D eigenvalue weighted by molar-refractivity contribution is 5.51. The van der Waals surface area contributed by atoms with Gasteiger partial charge in [-0.2, -0.15) is 0 Å². The Morgan fingerprint density at radius 2 is 2.41 bits per heavy atom. The molecule has 0 atom stereocenters. The Kier molecular flexibility index (Phi) is 2.77. The fourth-order valence-electron chi connectivity index (χ4n) is 1.43. The summed E-state index contributed by atoms with van der Waals surface area (Å²) in [6.45, 7) is 2.13. The monoisotopic (exact) mass is 237 g/mol. The summed E-state index contributed by atoms with van der Waals surface area (Å²) in [5.41, 5.74) is 0.765. The quantitative estimate of drug-likeness (QED) is 0.634. The first-order chi connectivity index (χ1) is 8.08. The maximum atomic E-state index is 10.7. The molecule has 2 aromatic heterocycles. The molecule has 90 valence electrons. The first-order valence-electron chi connectivity index (χ1n) is 4.89. The van der Waals surface area contributed by atoms with Gasteiger partial charge in [-0.3, -0.25) is 4.57 Å². The van der Waals surface area contributed by atoms with Gasteiger partial charge in [0, 0.05) is 13.1 Å². The highest BCUT2D eigenvalue weighted by Crippen LogP contribution is 2.21. The highest BCUT2D eigenvalue weighted by atomic mass is 16.6. The highest BCUT2D eigenvalue weighted by Gasteiger charge is 2.19. The van der Waals surface area contributed by atoms with E-state index < -0.39 is 4.92 Å². The van der Waals surface area contributed by atoms with Crippen LogP contribution in [0.25, 0.3) is 0 Å². The molecule has 8 heteroatoms. The van der Waals surface area contributed by atoms with Crippen LogP contribution in [0.2, 0.25) is 0 Å². The van der Waals surface area contributed by atoms with Crippen LogP contribution in [0.15, 0.2) is 16.9 Å². The van der Waals surface area contributed by atoms with Gasteiger partial charge < -0.3 is 20.0 Å². The number of hydrogen-bond acceptors (Lipinski definition) is 6. The molecule has 2 aromatic rings. The van der Waals surface area contributed by atoms with Crippen LogP contribution < -0.4 is 5.32 Å². The number of nitro groups is 1. The Morgan fingerprint density at radius 3 is 3.00 bits per heavy atom. The summed E-state index contributed by atoms with van der Waals surface area (Å²) in [6.07, 6.45) is 1.38. The minimum absolute atomic E-state index is 0.205. The Bertz CT molecular complexity index is 545. The molecule has 0 saturated heterocycles. The van der Waals surface area contributed by atoms with Crippen molar-refractivity contribution < 1.29 is 9.45 Å². The zero-order valence-electron chi connectivity index (χ0n) is 9.38. The lowest BCUT2D eigenvalue weighted by atomic mass is 10.4. The van der Waals surface area contributed by atoms with Crippen LogP contribution in [0.5, 0.6) is 0 Å². The third-order valence-electron chi connectivity index (χ3n) is 2.20. The van der Waals surface area contributed by atoms with Gasteiger partial charge >= 0.3 is 5.82 Å². The Hall–Kier alpha value is -2.38. The maximum absolute atomic E-state index is 10.7. The van der Waals surface area contributed by atoms with E-state index in [0.717, 1.165) is 5.69 Å². The van der Waals surface area contributed by atoms with Crippen LogP contribution >= 0.6 is 0 Å². The van der Waals surface area contributed by atoms with E-state index in [0.29, 0.717) is 18.1 Å². The molecule has 17 heavy (non-hydrogen) atoms. The van der Waals surface area contributed by atoms with Gasteiger partial charge in [0.05, 0.1) is 12.2 Å². The van der Waals surface area contributed by atoms with Crippen molar-refractivity contribution >= 4 is 11.6 Å². The van der Waals surface area contributed by atoms with Gasteiger partial charge in [-0.25, -0.2) is 0 Å². The lowest BCUT2D eigenvalue weighted by Gasteiger charge is -2.03. The number of anilines is 1. The Labute approximate surface area is 96.4 Å². The van der Waals surface area contributed by atoms with Crippen LogP contribution in [0.3, 0.4) is 0 Å². The second-order valence-electron chi connectivity index (χ2n) is 3.57. The number of imidazole rings is 1. The predicted octanol–water partition coefficient (Wildman–Crippen LogP) is 1.24. The van der Waals surface area contributed by atoms with Crippen LogP contribution in [0, 0.1) is 17.0 Å². The smallest absolute Gasteiger partial charge is 0.359 e. The summed E-state index contributed by atoms with van der Waals surface area (Å²) < 4.78 is 6.53. The standard InChI is InChI=1S/C9H11N5O3/c1-6-3-7(17-12-6)4-10-8-9(14(15)16)11-5-13(8)2/h3,5,10H,4H2,1-2H3. The molecule has 1 N–H and O–H groups in total. The van der Waals surface area contributed by atoms with Crippen molar-refractivity contribution in [2.24, 2.45) is 7.05 Å². The maximum Gasteiger partial charge on any atom is 0.406 e. The summed E-state index contributed by atoms with van der Waals surface area (Å²) in [6, 6.07) is 1.76. The number of aryl methyl sites for hydroxylation is 2. The van der Waals surface area contributed by atoms with E-state index in [1.165, 1.54) is 6.33 Å². The molecule has 0 amide bonds. The summed E-state index contributed by atoms with van der Waals surface area (Å²) in [4.78, 5) is 13.9. The van der Waals surface area contributed by atoms with E-state index in [1.54, 1.807) is 24.6 Å². The van der Waals surface area contributed by atoms with Crippen LogP contribution in [0.1, 0.15) is 11.5 Å². The van der Waals surface area contributed by atoms with E-state index in [2.05, 4.69) is 15.5 Å². The Morgan fingerprint density at radius 1 is 1.65 bits per heavy atom. The zero-order chi connectivity index (χ0) is 12.4. The number of nitrogens with one attached hydrogen (secondary N) is 1. The normalized spacial score (nSPS) is 10.5. The molecular weight excluding hydrogens is 226 g/mol. The van der Waals surface area contributed by atoms with E-state index >= 15 is 0 Å². The Balaban J connectivity index is 2.13. The van der Waals surface area contributed by atoms with Crippen molar-refractivity contribution in [3.8, 4) is 0 Å². The largest absolute Gasteiger partial charge is 0.406 e. The first-order valence-corrected chi connectivity index (χ1v) is 4.89. The summed E-state index contributed by atoms with van der Waals surface area (Å²) >= 11 is 0. The summed E-state index contributed by atoms with van der Waals surface area (Å²) in [7, 11) is 1.67. The van der Waals surface area contributed by atoms with Gasteiger partial charge in [0.1, 0.15) is 0 Å². The fraction of sp³-hybridized carbons (Fsp3) is 0.333. The molecule has 0 spiro atoms. The van der Waals surface area contributed by atoms with Crippen LogP contribution in [0.4, 0.5) is 11.6 Å². The lowest BCUT2D eigenvalue weighted by Crippen LogP contribution is -2.05. The average Bonchev–Trinajstić information content (AvgIpc) is 2.82.